The van der Waals surface area contributed by atoms with Crippen molar-refractivity contribution in [2.75, 3.05) is 13.1 Å². The van der Waals surface area contributed by atoms with Crippen LogP contribution in [0, 0.1) is 5.92 Å². The first-order chi connectivity index (χ1) is 8.15. The summed E-state index contributed by atoms with van der Waals surface area (Å²) in [7, 11) is 0. The molecule has 0 bridgehead atoms. The highest BCUT2D eigenvalue weighted by atomic mass is 32.1. The molecule has 3 N–H and O–H groups in total. The van der Waals surface area contributed by atoms with Gasteiger partial charge >= 0.3 is 5.97 Å². The zero-order chi connectivity index (χ0) is 12.3. The van der Waals surface area contributed by atoms with E-state index >= 15 is 0 Å². The van der Waals surface area contributed by atoms with E-state index in [1.807, 2.05) is 0 Å². The molecule has 0 atom stereocenters. The summed E-state index contributed by atoms with van der Waals surface area (Å²) < 4.78 is 0. The quantitative estimate of drug-likeness (QED) is 0.692. The Labute approximate surface area is 102 Å². The molecule has 0 saturated carbocycles. The van der Waals surface area contributed by atoms with Crippen LogP contribution in [0.5, 0.6) is 0 Å². The summed E-state index contributed by atoms with van der Waals surface area (Å²) in [5.74, 6) is -0.621. The highest BCUT2D eigenvalue weighted by Gasteiger charge is 2.20. The molecule has 0 spiro atoms. The van der Waals surface area contributed by atoms with Crippen LogP contribution in [0.2, 0.25) is 0 Å². The van der Waals surface area contributed by atoms with Gasteiger partial charge < -0.3 is 15.7 Å². The summed E-state index contributed by atoms with van der Waals surface area (Å²) in [5.41, 5.74) is 0.0300. The molecule has 1 aromatic rings. The Morgan fingerprint density at radius 3 is 2.88 bits per heavy atom. The number of carboxylic acid groups (broad SMARTS) is 1. The third kappa shape index (κ3) is 3.24. The van der Waals surface area contributed by atoms with Crippen LogP contribution in [-0.4, -0.2) is 35.1 Å². The molecule has 0 radical (unpaired) electrons. The van der Waals surface area contributed by atoms with Gasteiger partial charge in [-0.2, -0.15) is 0 Å². The van der Waals surface area contributed by atoms with Gasteiger partial charge in [0.25, 0.3) is 0 Å². The summed E-state index contributed by atoms with van der Waals surface area (Å²) in [5, 5.41) is 16.6. The lowest BCUT2D eigenvalue weighted by Gasteiger charge is -2.26. The van der Waals surface area contributed by atoms with E-state index in [0.29, 0.717) is 23.9 Å². The van der Waals surface area contributed by atoms with Gasteiger partial charge in [0.2, 0.25) is 5.91 Å². The number of carbonyl (C=O) groups is 2. The molecule has 1 aromatic heterocycles. The van der Waals surface area contributed by atoms with E-state index in [9.17, 15) is 9.59 Å². The Kier molecular flexibility index (Phi) is 3.70. The van der Waals surface area contributed by atoms with Gasteiger partial charge in [0.05, 0.1) is 6.54 Å². The Balaban J connectivity index is 1.76. The minimum absolute atomic E-state index is 0.0106. The van der Waals surface area contributed by atoms with Crippen LogP contribution in [0.1, 0.15) is 21.9 Å². The number of nitrogens with zero attached hydrogens (tertiary/aromatic N) is 1. The monoisotopic (exact) mass is 255 g/mol. The minimum atomic E-state index is -1.04. The summed E-state index contributed by atoms with van der Waals surface area (Å²) in [6, 6.07) is 0. The molecular weight excluding hydrogens is 242 g/mol. The van der Waals surface area contributed by atoms with Crippen molar-refractivity contribution in [1.82, 2.24) is 15.6 Å². The minimum Gasteiger partial charge on any atom is -0.476 e. The summed E-state index contributed by atoms with van der Waals surface area (Å²) in [6.07, 6.45) is 0.518. The van der Waals surface area contributed by atoms with Crippen molar-refractivity contribution in [3.8, 4) is 0 Å². The Hall–Kier alpha value is -1.47. The lowest BCUT2D eigenvalue weighted by Crippen LogP contribution is -2.44. The van der Waals surface area contributed by atoms with Gasteiger partial charge in [0.15, 0.2) is 5.69 Å². The second kappa shape index (κ2) is 5.24. The van der Waals surface area contributed by atoms with Crippen LogP contribution in [0.25, 0.3) is 0 Å². The lowest BCUT2D eigenvalue weighted by atomic mass is 9.99. The first-order valence-corrected chi connectivity index (χ1v) is 6.18. The van der Waals surface area contributed by atoms with Crippen molar-refractivity contribution in [2.45, 2.75) is 13.0 Å². The van der Waals surface area contributed by atoms with Crippen molar-refractivity contribution in [3.05, 3.63) is 16.1 Å². The van der Waals surface area contributed by atoms with Crippen molar-refractivity contribution in [1.29, 1.82) is 0 Å². The molecule has 1 aliphatic rings. The Morgan fingerprint density at radius 1 is 1.59 bits per heavy atom. The van der Waals surface area contributed by atoms with Gasteiger partial charge in [0.1, 0.15) is 5.01 Å². The van der Waals surface area contributed by atoms with Gasteiger partial charge in [-0.15, -0.1) is 11.3 Å². The van der Waals surface area contributed by atoms with Gasteiger partial charge in [-0.3, -0.25) is 4.79 Å². The largest absolute Gasteiger partial charge is 0.476 e. The van der Waals surface area contributed by atoms with Crippen LogP contribution >= 0.6 is 11.3 Å². The fraction of sp³-hybridized carbons (Fsp3) is 0.500. The van der Waals surface area contributed by atoms with Crippen LogP contribution in [0.15, 0.2) is 5.38 Å². The number of amides is 1. The fourth-order valence-electron chi connectivity index (χ4n) is 1.49. The number of aromatic nitrogens is 1. The number of carbonyl (C=O) groups excluding carboxylic acids is 1. The van der Waals surface area contributed by atoms with E-state index < -0.39 is 5.97 Å². The predicted molar refractivity (Wildman–Crippen MR) is 61.9 cm³/mol. The first kappa shape index (κ1) is 12.0. The molecule has 0 aliphatic carbocycles. The normalized spacial score (nSPS) is 15.3. The molecule has 1 amide bonds. The number of aromatic carboxylic acids is 1. The number of thiazole rings is 1. The highest BCUT2D eigenvalue weighted by Crippen LogP contribution is 2.11. The summed E-state index contributed by atoms with van der Waals surface area (Å²) >= 11 is 1.24. The molecule has 6 nitrogen and oxygen atoms in total. The van der Waals surface area contributed by atoms with E-state index in [0.717, 1.165) is 13.1 Å². The molecule has 1 saturated heterocycles. The Morgan fingerprint density at radius 2 is 2.35 bits per heavy atom. The third-order valence-electron chi connectivity index (χ3n) is 2.55. The highest BCUT2D eigenvalue weighted by molar-refractivity contribution is 7.09. The molecule has 2 heterocycles. The maximum Gasteiger partial charge on any atom is 0.355 e. The van der Waals surface area contributed by atoms with Crippen molar-refractivity contribution < 1.29 is 14.7 Å². The smallest absolute Gasteiger partial charge is 0.355 e. The third-order valence-corrected chi connectivity index (χ3v) is 3.40. The van der Waals surface area contributed by atoms with Gasteiger partial charge in [-0.1, -0.05) is 0 Å². The Bertz CT molecular complexity index is 428. The van der Waals surface area contributed by atoms with E-state index in [2.05, 4.69) is 15.6 Å². The second-order valence-corrected chi connectivity index (χ2v) is 4.88. The molecule has 1 fully saturated rings. The van der Waals surface area contributed by atoms with Gasteiger partial charge in [-0.05, 0) is 19.0 Å². The second-order valence-electron chi connectivity index (χ2n) is 3.94. The molecule has 7 heteroatoms. The number of hydrogen-bond donors (Lipinski definition) is 3. The lowest BCUT2D eigenvalue weighted by molar-refractivity contribution is -0.122. The van der Waals surface area contributed by atoms with Gasteiger partial charge in [-0.25, -0.2) is 9.78 Å². The predicted octanol–water partition coefficient (Wildman–Crippen LogP) is 0.0670. The van der Waals surface area contributed by atoms with Crippen molar-refractivity contribution in [3.63, 3.8) is 0 Å². The summed E-state index contributed by atoms with van der Waals surface area (Å²) in [6.45, 7) is 2.10. The molecule has 0 unspecified atom stereocenters. The van der Waals surface area contributed by atoms with Crippen LogP contribution in [0.3, 0.4) is 0 Å². The topological polar surface area (TPSA) is 91.3 Å². The number of carboxylic acids is 1. The van der Waals surface area contributed by atoms with Crippen LogP contribution in [-0.2, 0) is 11.3 Å². The number of nitrogens with one attached hydrogen (secondary N) is 2. The van der Waals surface area contributed by atoms with Gasteiger partial charge in [0, 0.05) is 11.8 Å². The zero-order valence-electron chi connectivity index (χ0n) is 9.10. The fourth-order valence-corrected chi connectivity index (χ4v) is 2.20. The molecule has 92 valence electrons. The molecule has 1 aliphatic heterocycles. The standard InChI is InChI=1S/C10H13N3O3S/c14-8(1-6-2-11-3-6)12-4-9-13-7(5-17-9)10(15)16/h5-6,11H,1-4H2,(H,12,14)(H,15,16). The molecular formula is C10H13N3O3S. The average Bonchev–Trinajstić information content (AvgIpc) is 2.69. The van der Waals surface area contributed by atoms with E-state index in [1.165, 1.54) is 16.7 Å². The zero-order valence-corrected chi connectivity index (χ0v) is 9.92. The van der Waals surface area contributed by atoms with Crippen molar-refractivity contribution >= 4 is 23.2 Å². The maximum absolute atomic E-state index is 11.5. The van der Waals surface area contributed by atoms with E-state index in [1.54, 1.807) is 0 Å². The van der Waals surface area contributed by atoms with E-state index in [4.69, 9.17) is 5.11 Å². The SMILES string of the molecule is O=C(CC1CNC1)NCc1nc(C(=O)O)cs1. The molecule has 0 aromatic carbocycles. The number of hydrogen-bond acceptors (Lipinski definition) is 5. The average molecular weight is 255 g/mol. The molecule has 2 rings (SSSR count). The maximum atomic E-state index is 11.5. The van der Waals surface area contributed by atoms with E-state index in [-0.39, 0.29) is 11.6 Å². The summed E-state index contributed by atoms with van der Waals surface area (Å²) in [4.78, 5) is 26.0. The van der Waals surface area contributed by atoms with Crippen LogP contribution < -0.4 is 10.6 Å². The first-order valence-electron chi connectivity index (χ1n) is 5.30. The van der Waals surface area contributed by atoms with Crippen LogP contribution in [0.4, 0.5) is 0 Å². The van der Waals surface area contributed by atoms with Crippen molar-refractivity contribution in [2.24, 2.45) is 5.92 Å². The number of rotatable bonds is 5. The molecule has 17 heavy (non-hydrogen) atoms.